The maximum absolute atomic E-state index is 14.8. The molecule has 0 aromatic heterocycles. The fraction of sp³-hybridized carbons (Fsp3) is 0.719. The van der Waals surface area contributed by atoms with Crippen LogP contribution in [0, 0.1) is 57.7 Å². The van der Waals surface area contributed by atoms with Crippen molar-refractivity contribution in [3.63, 3.8) is 0 Å². The van der Waals surface area contributed by atoms with Crippen LogP contribution in [0.25, 0.3) is 0 Å². The average Bonchev–Trinajstić information content (AvgIpc) is 3.96. The van der Waals surface area contributed by atoms with Crippen molar-refractivity contribution in [2.24, 2.45) is 57.7 Å². The second-order valence-corrected chi connectivity index (χ2v) is 24.1. The van der Waals surface area contributed by atoms with Gasteiger partial charge in [-0.1, -0.05) is 95.3 Å². The number of esters is 3. The molecule has 15 atom stereocenters. The van der Waals surface area contributed by atoms with E-state index >= 15 is 0 Å². The number of aliphatic hydroxyl groups excluding tert-OH is 2. The van der Waals surface area contributed by atoms with Gasteiger partial charge in [-0.3, -0.25) is 9.59 Å². The van der Waals surface area contributed by atoms with Gasteiger partial charge >= 0.3 is 24.0 Å². The van der Waals surface area contributed by atoms with E-state index < -0.39 is 55.3 Å². The number of quaternary nitrogens is 1. The Hall–Kier alpha value is -4.04. The molecule has 8 fully saturated rings. The molecule has 70 heavy (non-hydrogen) atoms. The Morgan fingerprint density at radius 1 is 0.786 bits per heavy atom. The average molecular weight is 968 g/mol. The minimum absolute atomic E-state index is 0.0545. The van der Waals surface area contributed by atoms with E-state index in [0.717, 1.165) is 38.5 Å². The van der Waals surface area contributed by atoms with Crippen LogP contribution in [0.4, 0.5) is 4.79 Å². The molecule has 10 rings (SSSR count). The molecule has 13 heteroatoms. The van der Waals surface area contributed by atoms with Crippen LogP contribution in [-0.4, -0.2) is 108 Å². The Bertz CT molecular complexity index is 2190. The first kappa shape index (κ1) is 49.5. The van der Waals surface area contributed by atoms with E-state index in [-0.39, 0.29) is 63.8 Å². The van der Waals surface area contributed by atoms with Crippen LogP contribution in [0.2, 0.25) is 0 Å². The van der Waals surface area contributed by atoms with Crippen molar-refractivity contribution in [3.8, 4) is 0 Å². The summed E-state index contributed by atoms with van der Waals surface area (Å²) < 4.78 is 31.2. The second-order valence-electron chi connectivity index (χ2n) is 24.1. The van der Waals surface area contributed by atoms with Crippen LogP contribution >= 0.6 is 0 Å². The molecule has 382 valence electrons. The largest absolute Gasteiger partial charge is 0.465 e. The predicted octanol–water partition coefficient (Wildman–Crippen LogP) is 8.22. The standard InChI is InChI=1S/C57H78N2O11/c1-35(2)33-66-49(62)21-18-36(3)41-19-20-42-51-43(30-47(61)55(41,42)5)54(4)24-22-40(28-39(54)29-44(51)60)69-53(65)58-32-50(63)67-34-68-57(37-14-8-6-9-15-37,38-16-10-7-11-17-38)52(64)70-48-31-46-56(48)25-23-45(56)59(46)26-12-13-27-59/h6-11,14-17,35-36,39-48,51,60-61H,12-13,18-34H2,1-5H3/p+1/t36-,39?,40-,41?,42?,43?,44-,45?,46?,47+,48?,51?,54+,55-,56?/m1/s1. The molecule has 2 saturated heterocycles. The number of piperidine rings is 2. The van der Waals surface area contributed by atoms with Crippen LogP contribution < -0.4 is 5.32 Å². The highest BCUT2D eigenvalue weighted by Crippen LogP contribution is 2.74. The molecule has 9 unspecified atom stereocenters. The number of alkyl carbamates (subject to hydrolysis) is 1. The normalized spacial score (nSPS) is 37.9. The number of fused-ring (bicyclic) bond motifs is 7. The number of nitrogens with zero attached hydrogens (tertiary/aromatic N) is 1. The third kappa shape index (κ3) is 8.01. The lowest BCUT2D eigenvalue weighted by molar-refractivity contribution is -1.05. The lowest BCUT2D eigenvalue weighted by Crippen LogP contribution is -2.94. The zero-order chi connectivity index (χ0) is 49.2. The van der Waals surface area contributed by atoms with Gasteiger partial charge in [-0.2, -0.15) is 0 Å². The van der Waals surface area contributed by atoms with Crippen molar-refractivity contribution in [3.05, 3.63) is 71.8 Å². The van der Waals surface area contributed by atoms with Gasteiger partial charge in [-0.05, 0) is 121 Å². The van der Waals surface area contributed by atoms with Crippen LogP contribution in [0.3, 0.4) is 0 Å². The van der Waals surface area contributed by atoms with Crippen LogP contribution in [0.1, 0.15) is 136 Å². The summed E-state index contributed by atoms with van der Waals surface area (Å²) in [5.74, 6) is -0.156. The monoisotopic (exact) mass is 968 g/mol. The minimum Gasteiger partial charge on any atom is -0.465 e. The van der Waals surface area contributed by atoms with E-state index in [1.807, 2.05) is 74.5 Å². The van der Waals surface area contributed by atoms with Gasteiger partial charge in [-0.15, -0.1) is 0 Å². The van der Waals surface area contributed by atoms with Gasteiger partial charge in [0.15, 0.2) is 6.79 Å². The quantitative estimate of drug-likeness (QED) is 0.0642. The highest BCUT2D eigenvalue weighted by molar-refractivity contribution is 5.86. The number of carbonyl (C=O) groups excluding carboxylic acids is 4. The SMILES string of the molecule is CC(C)COC(=O)CC[C@@H](C)C1CCC2C3C(C[C@H](O)[C@@]21C)[C@@]1(C)CC[C@@H](OC(=O)NCC(=O)OCOC(C(=O)OC2CC4C25CCC5[N+]42CCCC2)(c2ccccc2)c2ccccc2)CC1C[C@H]3O. The summed E-state index contributed by atoms with van der Waals surface area (Å²) in [6.45, 7) is 12.7. The molecule has 0 radical (unpaired) electrons. The molecule has 6 aliphatic carbocycles. The van der Waals surface area contributed by atoms with Crippen molar-refractivity contribution in [1.82, 2.24) is 5.32 Å². The number of benzene rings is 2. The number of rotatable bonds is 16. The molecular formula is C57H79N2O11+. The molecular weight excluding hydrogens is 889 g/mol. The van der Waals surface area contributed by atoms with Crippen LogP contribution in [0.15, 0.2) is 60.7 Å². The molecule has 3 N–H and O–H groups in total. The molecule has 2 spiro atoms. The fourth-order valence-electron chi connectivity index (χ4n) is 17.2. The highest BCUT2D eigenvalue weighted by atomic mass is 16.7. The van der Waals surface area contributed by atoms with Crippen LogP contribution in [0.5, 0.6) is 0 Å². The molecule has 2 aromatic carbocycles. The first-order valence-electron chi connectivity index (χ1n) is 27.0. The first-order valence-corrected chi connectivity index (χ1v) is 27.0. The van der Waals surface area contributed by atoms with Crippen molar-refractivity contribution in [2.75, 3.05) is 33.0 Å². The van der Waals surface area contributed by atoms with E-state index in [1.165, 1.54) is 36.8 Å². The summed E-state index contributed by atoms with van der Waals surface area (Å²) in [7, 11) is 0. The van der Waals surface area contributed by atoms with Crippen molar-refractivity contribution in [1.29, 1.82) is 0 Å². The van der Waals surface area contributed by atoms with Crippen LogP contribution in [-0.2, 0) is 43.7 Å². The first-order chi connectivity index (χ1) is 33.6. The van der Waals surface area contributed by atoms with Crippen molar-refractivity contribution < 1.29 is 57.6 Å². The third-order valence-electron chi connectivity index (χ3n) is 20.7. The summed E-state index contributed by atoms with van der Waals surface area (Å²) >= 11 is 0. The molecule has 2 aromatic rings. The summed E-state index contributed by atoms with van der Waals surface area (Å²) in [5, 5.41) is 26.7. The van der Waals surface area contributed by atoms with E-state index in [2.05, 4.69) is 26.1 Å². The van der Waals surface area contributed by atoms with Crippen molar-refractivity contribution in [2.45, 2.75) is 167 Å². The molecule has 8 aliphatic rings. The fourth-order valence-corrected chi connectivity index (χ4v) is 17.2. The lowest BCUT2D eigenvalue weighted by Gasteiger charge is -2.80. The number of amides is 1. The number of nitrogens with one attached hydrogen (secondary N) is 1. The number of hydrogen-bond donors (Lipinski definition) is 3. The molecule has 2 aliphatic heterocycles. The zero-order valence-corrected chi connectivity index (χ0v) is 42.2. The van der Waals surface area contributed by atoms with Gasteiger partial charge in [-0.25, -0.2) is 9.59 Å². The van der Waals surface area contributed by atoms with Gasteiger partial charge in [0.2, 0.25) is 5.60 Å². The minimum atomic E-state index is -1.71. The molecule has 1 amide bonds. The Kier molecular flexibility index (Phi) is 13.5. The van der Waals surface area contributed by atoms with Gasteiger partial charge in [0.25, 0.3) is 0 Å². The highest BCUT2D eigenvalue weighted by Gasteiger charge is 2.86. The Morgan fingerprint density at radius 2 is 1.49 bits per heavy atom. The number of aliphatic hydroxyl groups is 2. The molecule has 13 nitrogen and oxygen atoms in total. The third-order valence-corrected chi connectivity index (χ3v) is 20.7. The van der Waals surface area contributed by atoms with Gasteiger partial charge < -0.3 is 43.7 Å². The Morgan fingerprint density at radius 3 is 2.13 bits per heavy atom. The Balaban J connectivity index is 0.727. The molecule has 6 saturated carbocycles. The van der Waals surface area contributed by atoms with Gasteiger partial charge in [0.1, 0.15) is 36.3 Å². The topological polar surface area (TPSA) is 167 Å². The number of carbonyl (C=O) groups is 4. The smallest absolute Gasteiger partial charge is 0.407 e. The summed E-state index contributed by atoms with van der Waals surface area (Å²) in [6.07, 6.45) is 9.61. The molecule has 0 bridgehead atoms. The van der Waals surface area contributed by atoms with E-state index in [9.17, 15) is 29.4 Å². The van der Waals surface area contributed by atoms with Gasteiger partial charge in [0, 0.05) is 32.1 Å². The molecule has 2 heterocycles. The van der Waals surface area contributed by atoms with E-state index in [0.29, 0.717) is 67.8 Å². The van der Waals surface area contributed by atoms with E-state index in [1.54, 1.807) is 0 Å². The predicted molar refractivity (Wildman–Crippen MR) is 259 cm³/mol. The maximum atomic E-state index is 14.8. The summed E-state index contributed by atoms with van der Waals surface area (Å²) in [4.78, 5) is 53.8. The van der Waals surface area contributed by atoms with Gasteiger partial charge in [0.05, 0.1) is 31.9 Å². The van der Waals surface area contributed by atoms with Crippen molar-refractivity contribution >= 4 is 24.0 Å². The maximum Gasteiger partial charge on any atom is 0.407 e. The second kappa shape index (κ2) is 19.1. The Labute approximate surface area is 414 Å². The summed E-state index contributed by atoms with van der Waals surface area (Å²) in [5.41, 5.74) is -1.00. The number of hydrogen-bond acceptors (Lipinski definition) is 11. The van der Waals surface area contributed by atoms with E-state index in [4.69, 9.17) is 23.7 Å². The summed E-state index contributed by atoms with van der Waals surface area (Å²) in [6, 6.07) is 19.6. The number of ether oxygens (including phenoxy) is 5. The lowest BCUT2D eigenvalue weighted by atomic mass is 9.39. The zero-order valence-electron chi connectivity index (χ0n) is 42.2.